The predicted octanol–water partition coefficient (Wildman–Crippen LogP) is 3.86. The van der Waals surface area contributed by atoms with Crippen molar-refractivity contribution in [2.24, 2.45) is 5.73 Å². The molecule has 0 unspecified atom stereocenters. The Bertz CT molecular complexity index is 1090. The Kier molecular flexibility index (Phi) is 5.30. The van der Waals surface area contributed by atoms with Gasteiger partial charge in [-0.1, -0.05) is 29.3 Å². The van der Waals surface area contributed by atoms with Gasteiger partial charge < -0.3 is 19.8 Å². The van der Waals surface area contributed by atoms with E-state index in [9.17, 15) is 10.1 Å². The number of fused-ring (bicyclic) bond motifs is 1. The fraction of sp³-hybridized carbons (Fsp3) is 0.333. The van der Waals surface area contributed by atoms with Crippen molar-refractivity contribution in [1.29, 1.82) is 5.26 Å². The molecule has 2 aliphatic heterocycles. The maximum atomic E-state index is 13.6. The van der Waals surface area contributed by atoms with Gasteiger partial charge in [0.05, 0.1) is 24.1 Å². The van der Waals surface area contributed by atoms with Gasteiger partial charge in [0.25, 0.3) is 5.56 Å². The third-order valence-electron chi connectivity index (χ3n) is 5.39. The summed E-state index contributed by atoms with van der Waals surface area (Å²) >= 11 is 12.9. The van der Waals surface area contributed by atoms with Gasteiger partial charge in [0.15, 0.2) is 0 Å². The summed E-state index contributed by atoms with van der Waals surface area (Å²) in [6.07, 6.45) is 1.85. The summed E-state index contributed by atoms with van der Waals surface area (Å²) in [5, 5.41) is 10.5. The SMILES string of the molecule is Cc1cc2c(c(=O)n1C[C@H]1CCCO1)[C@H](c1c(Cl)cccc1Cl)C(C#N)=C(N)O2. The first kappa shape index (κ1) is 19.8. The summed E-state index contributed by atoms with van der Waals surface area (Å²) in [7, 11) is 0. The molecule has 2 N–H and O–H groups in total. The average molecular weight is 432 g/mol. The van der Waals surface area contributed by atoms with Crippen LogP contribution in [0.4, 0.5) is 0 Å². The van der Waals surface area contributed by atoms with Crippen molar-refractivity contribution >= 4 is 23.2 Å². The van der Waals surface area contributed by atoms with Crippen molar-refractivity contribution < 1.29 is 9.47 Å². The van der Waals surface area contributed by atoms with Crippen molar-refractivity contribution in [3.05, 3.63) is 72.9 Å². The van der Waals surface area contributed by atoms with Gasteiger partial charge in [-0.05, 0) is 31.9 Å². The maximum Gasteiger partial charge on any atom is 0.258 e. The number of nitrogens with zero attached hydrogens (tertiary/aromatic N) is 2. The van der Waals surface area contributed by atoms with Crippen molar-refractivity contribution in [2.75, 3.05) is 6.61 Å². The van der Waals surface area contributed by atoms with Gasteiger partial charge in [-0.15, -0.1) is 0 Å². The smallest absolute Gasteiger partial charge is 0.258 e. The Balaban J connectivity index is 1.95. The number of hydrogen-bond donors (Lipinski definition) is 1. The number of pyridine rings is 1. The number of allylic oxidation sites excluding steroid dienone is 1. The van der Waals surface area contributed by atoms with Gasteiger partial charge in [0, 0.05) is 34.0 Å². The summed E-state index contributed by atoms with van der Waals surface area (Å²) in [4.78, 5) is 13.6. The number of nitriles is 1. The topological polar surface area (TPSA) is 90.3 Å². The number of halogens is 2. The zero-order valence-corrected chi connectivity index (χ0v) is 17.3. The van der Waals surface area contributed by atoms with E-state index in [-0.39, 0.29) is 23.1 Å². The van der Waals surface area contributed by atoms with E-state index in [1.165, 1.54) is 0 Å². The molecular weight excluding hydrogens is 413 g/mol. The van der Waals surface area contributed by atoms with Crippen molar-refractivity contribution in [3.8, 4) is 11.8 Å². The fourth-order valence-corrected chi connectivity index (χ4v) is 4.60. The number of nitrogens with two attached hydrogens (primary N) is 1. The molecule has 3 heterocycles. The van der Waals surface area contributed by atoms with Crippen LogP contribution in [0.25, 0.3) is 0 Å². The molecule has 2 atom stereocenters. The number of rotatable bonds is 3. The molecule has 0 aliphatic carbocycles. The lowest BCUT2D eigenvalue weighted by Crippen LogP contribution is -2.35. The average Bonchev–Trinajstić information content (AvgIpc) is 3.18. The maximum absolute atomic E-state index is 13.6. The summed E-state index contributed by atoms with van der Waals surface area (Å²) in [6, 6.07) is 8.87. The van der Waals surface area contributed by atoms with Crippen LogP contribution in [0.15, 0.2) is 40.5 Å². The highest BCUT2D eigenvalue weighted by molar-refractivity contribution is 6.36. The standard InChI is InChI=1S/C21H19Cl2N3O3/c1-11-8-16-19(21(27)26(11)10-12-4-3-7-28-12)17(13(9-24)20(25)29-16)18-14(22)5-2-6-15(18)23/h2,5-6,8,12,17H,3-4,7,10,25H2,1H3/t12-,17+/m1/s1. The second-order valence-electron chi connectivity index (χ2n) is 7.17. The second-order valence-corrected chi connectivity index (χ2v) is 7.99. The van der Waals surface area contributed by atoms with Crippen LogP contribution in [0, 0.1) is 18.3 Å². The summed E-state index contributed by atoms with van der Waals surface area (Å²) in [5.74, 6) is -0.556. The monoisotopic (exact) mass is 431 g/mol. The summed E-state index contributed by atoms with van der Waals surface area (Å²) in [5.41, 5.74) is 7.35. The van der Waals surface area contributed by atoms with Crippen LogP contribution in [-0.4, -0.2) is 17.3 Å². The molecule has 150 valence electrons. The lowest BCUT2D eigenvalue weighted by atomic mass is 9.84. The number of aryl methyl sites for hydroxylation is 1. The highest BCUT2D eigenvalue weighted by atomic mass is 35.5. The minimum absolute atomic E-state index is 0.0210. The summed E-state index contributed by atoms with van der Waals surface area (Å²) < 4.78 is 13.0. The molecule has 1 aromatic heterocycles. The molecule has 2 aliphatic rings. The minimum atomic E-state index is -0.811. The van der Waals surface area contributed by atoms with E-state index in [0.717, 1.165) is 18.5 Å². The molecule has 29 heavy (non-hydrogen) atoms. The van der Waals surface area contributed by atoms with Crippen molar-refractivity contribution in [2.45, 2.75) is 38.3 Å². The zero-order valence-electron chi connectivity index (χ0n) is 15.7. The van der Waals surface area contributed by atoms with Crippen molar-refractivity contribution in [1.82, 2.24) is 4.57 Å². The first-order chi connectivity index (χ1) is 13.9. The van der Waals surface area contributed by atoms with Crippen LogP contribution in [-0.2, 0) is 11.3 Å². The Morgan fingerprint density at radius 2 is 2.03 bits per heavy atom. The first-order valence-corrected chi connectivity index (χ1v) is 10.1. The zero-order chi connectivity index (χ0) is 20.7. The van der Waals surface area contributed by atoms with Gasteiger partial charge in [-0.3, -0.25) is 4.79 Å². The quantitative estimate of drug-likeness (QED) is 0.796. The molecule has 0 radical (unpaired) electrons. The van der Waals surface area contributed by atoms with Crippen LogP contribution >= 0.6 is 23.2 Å². The Hall–Kier alpha value is -2.46. The third kappa shape index (κ3) is 3.40. The Morgan fingerprint density at radius 3 is 2.66 bits per heavy atom. The van der Waals surface area contributed by atoms with Gasteiger partial charge >= 0.3 is 0 Å². The van der Waals surface area contributed by atoms with E-state index < -0.39 is 5.92 Å². The highest BCUT2D eigenvalue weighted by Crippen LogP contribution is 2.45. The molecule has 0 amide bonds. The molecule has 0 spiro atoms. The van der Waals surface area contributed by atoms with Crippen LogP contribution in [0.3, 0.4) is 0 Å². The van der Waals surface area contributed by atoms with Crippen LogP contribution < -0.4 is 16.0 Å². The molecule has 1 fully saturated rings. The fourth-order valence-electron chi connectivity index (χ4n) is 3.98. The van der Waals surface area contributed by atoms with Gasteiger partial charge in [0.2, 0.25) is 5.88 Å². The van der Waals surface area contributed by atoms with E-state index in [1.54, 1.807) is 28.8 Å². The highest BCUT2D eigenvalue weighted by Gasteiger charge is 2.37. The van der Waals surface area contributed by atoms with E-state index in [1.807, 2.05) is 6.92 Å². The lowest BCUT2D eigenvalue weighted by molar-refractivity contribution is 0.0955. The van der Waals surface area contributed by atoms with Gasteiger partial charge in [0.1, 0.15) is 17.4 Å². The normalized spacial score (nSPS) is 20.9. The van der Waals surface area contributed by atoms with Gasteiger partial charge in [-0.2, -0.15) is 5.26 Å². The second kappa shape index (κ2) is 7.75. The minimum Gasteiger partial charge on any atom is -0.440 e. The van der Waals surface area contributed by atoms with E-state index >= 15 is 0 Å². The number of aromatic nitrogens is 1. The molecule has 2 aromatic rings. The summed E-state index contributed by atoms with van der Waals surface area (Å²) in [6.45, 7) is 2.96. The molecule has 4 rings (SSSR count). The molecule has 0 saturated carbocycles. The Labute approximate surface area is 178 Å². The molecular formula is C21H19Cl2N3O3. The molecule has 0 bridgehead atoms. The van der Waals surface area contributed by atoms with Crippen LogP contribution in [0.5, 0.6) is 5.75 Å². The first-order valence-electron chi connectivity index (χ1n) is 9.29. The molecule has 6 nitrogen and oxygen atoms in total. The number of hydrogen-bond acceptors (Lipinski definition) is 5. The van der Waals surface area contributed by atoms with E-state index in [4.69, 9.17) is 38.4 Å². The lowest BCUT2D eigenvalue weighted by Gasteiger charge is -2.28. The van der Waals surface area contributed by atoms with Gasteiger partial charge in [-0.25, -0.2) is 0 Å². The predicted molar refractivity (Wildman–Crippen MR) is 110 cm³/mol. The molecule has 8 heteroatoms. The van der Waals surface area contributed by atoms with E-state index in [0.29, 0.717) is 40.1 Å². The van der Waals surface area contributed by atoms with Crippen LogP contribution in [0.1, 0.15) is 35.6 Å². The number of benzene rings is 1. The third-order valence-corrected chi connectivity index (χ3v) is 6.05. The molecule has 1 aromatic carbocycles. The van der Waals surface area contributed by atoms with E-state index in [2.05, 4.69) is 6.07 Å². The van der Waals surface area contributed by atoms with Crippen molar-refractivity contribution in [3.63, 3.8) is 0 Å². The van der Waals surface area contributed by atoms with Crippen LogP contribution in [0.2, 0.25) is 10.0 Å². The Morgan fingerprint density at radius 1 is 1.31 bits per heavy atom. The number of ether oxygens (including phenoxy) is 2. The molecule has 1 saturated heterocycles. The largest absolute Gasteiger partial charge is 0.440 e.